The van der Waals surface area contributed by atoms with Crippen LogP contribution in [0.5, 0.6) is 0 Å². The van der Waals surface area contributed by atoms with Crippen molar-refractivity contribution in [3.63, 3.8) is 0 Å². The van der Waals surface area contributed by atoms with E-state index in [1.165, 1.54) is 13.0 Å². The van der Waals surface area contributed by atoms with Gasteiger partial charge in [-0.15, -0.1) is 0 Å². The highest BCUT2D eigenvalue weighted by molar-refractivity contribution is 7.92. The molecule has 0 saturated heterocycles. The molecule has 0 fully saturated rings. The predicted octanol–water partition coefficient (Wildman–Crippen LogP) is 2.92. The van der Waals surface area contributed by atoms with Crippen LogP contribution in [0.2, 0.25) is 0 Å². The zero-order chi connectivity index (χ0) is 21.4. The van der Waals surface area contributed by atoms with Gasteiger partial charge in [0.1, 0.15) is 0 Å². The molecule has 0 aliphatic carbocycles. The summed E-state index contributed by atoms with van der Waals surface area (Å²) in [6.07, 6.45) is 0.621. The van der Waals surface area contributed by atoms with Gasteiger partial charge in [0.25, 0.3) is 15.9 Å². The lowest BCUT2D eigenvalue weighted by atomic mass is 10.1. The molecule has 1 aliphatic rings. The van der Waals surface area contributed by atoms with Crippen molar-refractivity contribution in [3.8, 4) is 0 Å². The lowest BCUT2D eigenvalue weighted by molar-refractivity contribution is -0.116. The number of hydrogen-bond acceptors (Lipinski definition) is 4. The maximum Gasteiger partial charge on any atom is 0.261 e. The fourth-order valence-electron chi connectivity index (χ4n) is 3.19. The molecule has 7 nitrogen and oxygen atoms in total. The number of carbonyl (C=O) groups is 2. The molecule has 1 aliphatic heterocycles. The molecule has 0 bridgehead atoms. The van der Waals surface area contributed by atoms with E-state index in [0.717, 1.165) is 11.3 Å². The fraction of sp³-hybridized carbons (Fsp3) is 0.333. The second-order valence-electron chi connectivity index (χ2n) is 8.10. The van der Waals surface area contributed by atoms with Crippen molar-refractivity contribution >= 4 is 33.2 Å². The van der Waals surface area contributed by atoms with Crippen LogP contribution in [0, 0.1) is 0 Å². The Hall–Kier alpha value is -2.87. The van der Waals surface area contributed by atoms with Crippen molar-refractivity contribution in [2.24, 2.45) is 0 Å². The Morgan fingerprint density at radius 2 is 1.69 bits per heavy atom. The van der Waals surface area contributed by atoms with Gasteiger partial charge in [-0.1, -0.05) is 0 Å². The van der Waals surface area contributed by atoms with Gasteiger partial charge in [0.05, 0.1) is 4.90 Å². The predicted molar refractivity (Wildman–Crippen MR) is 113 cm³/mol. The van der Waals surface area contributed by atoms with Gasteiger partial charge in [-0.2, -0.15) is 0 Å². The molecule has 2 amide bonds. The second-order valence-corrected chi connectivity index (χ2v) is 9.78. The van der Waals surface area contributed by atoms with Crippen LogP contribution in [-0.4, -0.2) is 32.3 Å². The third kappa shape index (κ3) is 4.76. The number of fused-ring (bicyclic) bond motifs is 1. The molecule has 0 radical (unpaired) electrons. The summed E-state index contributed by atoms with van der Waals surface area (Å²) in [7, 11) is -3.79. The van der Waals surface area contributed by atoms with E-state index in [4.69, 9.17) is 0 Å². The summed E-state index contributed by atoms with van der Waals surface area (Å²) < 4.78 is 28.0. The lowest BCUT2D eigenvalue weighted by Crippen LogP contribution is -2.40. The van der Waals surface area contributed by atoms with Gasteiger partial charge in [0.2, 0.25) is 5.91 Å². The van der Waals surface area contributed by atoms with Crippen LogP contribution in [-0.2, 0) is 21.2 Å². The first-order valence-corrected chi connectivity index (χ1v) is 10.8. The minimum Gasteiger partial charge on any atom is -0.347 e. The van der Waals surface area contributed by atoms with E-state index in [1.54, 1.807) is 41.3 Å². The van der Waals surface area contributed by atoms with E-state index in [9.17, 15) is 18.0 Å². The van der Waals surface area contributed by atoms with Gasteiger partial charge in [0.15, 0.2) is 0 Å². The highest BCUT2D eigenvalue weighted by atomic mass is 32.2. The lowest BCUT2D eigenvalue weighted by Gasteiger charge is -2.20. The van der Waals surface area contributed by atoms with Gasteiger partial charge in [-0.25, -0.2) is 8.42 Å². The number of hydrogen-bond donors (Lipinski definition) is 2. The Morgan fingerprint density at radius 3 is 2.28 bits per heavy atom. The van der Waals surface area contributed by atoms with Crippen LogP contribution in [0.1, 0.15) is 43.6 Å². The summed E-state index contributed by atoms with van der Waals surface area (Å²) in [5, 5.41) is 2.86. The summed E-state index contributed by atoms with van der Waals surface area (Å²) in [4.78, 5) is 25.6. The first kappa shape index (κ1) is 20.9. The standard InChI is InChI=1S/C21H25N3O4S/c1-14(25)24-12-11-16-13-18(9-10-19(16)24)29(27,28)23-17-7-5-15(6-8-17)20(26)22-21(2,3)4/h5-10,13,23H,11-12H2,1-4H3,(H,22,26). The summed E-state index contributed by atoms with van der Waals surface area (Å²) >= 11 is 0. The Labute approximate surface area is 171 Å². The van der Waals surface area contributed by atoms with Crippen molar-refractivity contribution in [1.29, 1.82) is 0 Å². The molecule has 0 spiro atoms. The van der Waals surface area contributed by atoms with E-state index in [2.05, 4.69) is 10.0 Å². The van der Waals surface area contributed by atoms with E-state index < -0.39 is 10.0 Å². The zero-order valence-corrected chi connectivity index (χ0v) is 17.8. The third-order valence-corrected chi connectivity index (χ3v) is 5.90. The molecule has 0 saturated carbocycles. The Kier molecular flexibility index (Phi) is 5.40. The molecule has 8 heteroatoms. The van der Waals surface area contributed by atoms with Crippen LogP contribution >= 0.6 is 0 Å². The molecular formula is C21H25N3O4S. The molecule has 2 N–H and O–H groups in total. The minimum atomic E-state index is -3.79. The Morgan fingerprint density at radius 1 is 1.03 bits per heavy atom. The Balaban J connectivity index is 1.76. The van der Waals surface area contributed by atoms with Crippen molar-refractivity contribution < 1.29 is 18.0 Å². The molecule has 29 heavy (non-hydrogen) atoms. The minimum absolute atomic E-state index is 0.0620. The van der Waals surface area contributed by atoms with Crippen molar-refractivity contribution in [2.75, 3.05) is 16.2 Å². The van der Waals surface area contributed by atoms with Gasteiger partial charge in [0, 0.05) is 35.9 Å². The van der Waals surface area contributed by atoms with Crippen LogP contribution in [0.4, 0.5) is 11.4 Å². The van der Waals surface area contributed by atoms with Crippen LogP contribution < -0.4 is 14.9 Å². The van der Waals surface area contributed by atoms with Crippen molar-refractivity contribution in [2.45, 2.75) is 44.6 Å². The molecular weight excluding hydrogens is 390 g/mol. The van der Waals surface area contributed by atoms with E-state index in [0.29, 0.717) is 24.2 Å². The van der Waals surface area contributed by atoms with Crippen LogP contribution in [0.3, 0.4) is 0 Å². The quantitative estimate of drug-likeness (QED) is 0.803. The highest BCUT2D eigenvalue weighted by Crippen LogP contribution is 2.30. The molecule has 154 valence electrons. The van der Waals surface area contributed by atoms with Gasteiger partial charge >= 0.3 is 0 Å². The number of nitrogens with one attached hydrogen (secondary N) is 2. The average molecular weight is 416 g/mol. The number of carbonyl (C=O) groups excluding carboxylic acids is 2. The molecule has 2 aromatic carbocycles. The normalized spacial score (nSPS) is 13.7. The van der Waals surface area contributed by atoms with E-state index >= 15 is 0 Å². The summed E-state index contributed by atoms with van der Waals surface area (Å²) in [5.41, 5.74) is 2.04. The zero-order valence-electron chi connectivity index (χ0n) is 16.9. The van der Waals surface area contributed by atoms with E-state index in [-0.39, 0.29) is 22.2 Å². The molecule has 3 rings (SSSR count). The first-order valence-electron chi connectivity index (χ1n) is 9.33. The fourth-order valence-corrected chi connectivity index (χ4v) is 4.30. The van der Waals surface area contributed by atoms with Gasteiger partial charge < -0.3 is 10.2 Å². The number of anilines is 2. The van der Waals surface area contributed by atoms with Crippen molar-refractivity contribution in [1.82, 2.24) is 5.32 Å². The summed E-state index contributed by atoms with van der Waals surface area (Å²) in [6.45, 7) is 7.71. The number of rotatable bonds is 4. The SMILES string of the molecule is CC(=O)N1CCc2cc(S(=O)(=O)Nc3ccc(C(=O)NC(C)(C)C)cc3)ccc21. The monoisotopic (exact) mass is 415 g/mol. The van der Waals surface area contributed by atoms with Gasteiger partial charge in [-0.05, 0) is 75.2 Å². The maximum atomic E-state index is 12.8. The Bertz CT molecular complexity index is 1050. The second kappa shape index (κ2) is 7.51. The largest absolute Gasteiger partial charge is 0.347 e. The maximum absolute atomic E-state index is 12.8. The van der Waals surface area contributed by atoms with E-state index in [1.807, 2.05) is 20.8 Å². The first-order chi connectivity index (χ1) is 13.5. The average Bonchev–Trinajstić information content (AvgIpc) is 3.04. The molecule has 0 aromatic heterocycles. The van der Waals surface area contributed by atoms with Crippen LogP contribution in [0.15, 0.2) is 47.4 Å². The number of benzene rings is 2. The molecule has 2 aromatic rings. The molecule has 1 heterocycles. The molecule has 0 atom stereocenters. The smallest absolute Gasteiger partial charge is 0.261 e. The number of sulfonamides is 1. The summed E-state index contributed by atoms with van der Waals surface area (Å²) in [5.74, 6) is -0.284. The summed E-state index contributed by atoms with van der Waals surface area (Å²) in [6, 6.07) is 11.0. The number of amides is 2. The number of nitrogens with zero attached hydrogens (tertiary/aromatic N) is 1. The van der Waals surface area contributed by atoms with Crippen molar-refractivity contribution in [3.05, 3.63) is 53.6 Å². The topological polar surface area (TPSA) is 95.6 Å². The highest BCUT2D eigenvalue weighted by Gasteiger charge is 2.25. The molecule has 0 unspecified atom stereocenters. The van der Waals surface area contributed by atoms with Crippen LogP contribution in [0.25, 0.3) is 0 Å². The van der Waals surface area contributed by atoms with Gasteiger partial charge in [-0.3, -0.25) is 14.3 Å². The third-order valence-electron chi connectivity index (χ3n) is 4.52.